The number of nitrogens with one attached hydrogen (secondary N) is 1. The number of nitrogens with zero attached hydrogens (tertiary/aromatic N) is 2. The van der Waals surface area contributed by atoms with Crippen molar-refractivity contribution < 1.29 is 19.9 Å². The summed E-state index contributed by atoms with van der Waals surface area (Å²) in [5.41, 5.74) is 1.47. The number of aromatic hydroxyl groups is 2. The van der Waals surface area contributed by atoms with E-state index < -0.39 is 10.8 Å². The second-order valence-corrected chi connectivity index (χ2v) is 6.48. The first-order valence-electron chi connectivity index (χ1n) is 8.78. The molecule has 0 saturated carbocycles. The summed E-state index contributed by atoms with van der Waals surface area (Å²) in [5.74, 6) is -0.811. The summed E-state index contributed by atoms with van der Waals surface area (Å²) < 4.78 is 0. The van der Waals surface area contributed by atoms with E-state index in [4.69, 9.17) is 0 Å². The van der Waals surface area contributed by atoms with Crippen LogP contribution in [0.2, 0.25) is 0 Å². The van der Waals surface area contributed by atoms with E-state index in [2.05, 4.69) is 5.32 Å². The van der Waals surface area contributed by atoms with Crippen molar-refractivity contribution in [1.29, 1.82) is 0 Å². The quantitative estimate of drug-likeness (QED) is 0.408. The molecule has 27 heavy (non-hydrogen) atoms. The predicted molar refractivity (Wildman–Crippen MR) is 100 cm³/mol. The van der Waals surface area contributed by atoms with Gasteiger partial charge in [-0.2, -0.15) is 0 Å². The number of amides is 1. The Morgan fingerprint density at radius 2 is 1.85 bits per heavy atom. The van der Waals surface area contributed by atoms with Crippen LogP contribution in [-0.4, -0.2) is 40.7 Å². The van der Waals surface area contributed by atoms with Gasteiger partial charge in [0.15, 0.2) is 11.5 Å². The van der Waals surface area contributed by atoms with Crippen LogP contribution in [0.4, 0.5) is 11.4 Å². The molecule has 0 radical (unpaired) electrons. The average molecular weight is 371 g/mol. The van der Waals surface area contributed by atoms with Crippen molar-refractivity contribution in [1.82, 2.24) is 5.32 Å². The molecule has 0 aromatic heterocycles. The number of nitro groups is 1. The van der Waals surface area contributed by atoms with Gasteiger partial charge in [0.25, 0.3) is 11.6 Å². The molecule has 0 bridgehead atoms. The zero-order valence-corrected chi connectivity index (χ0v) is 14.7. The van der Waals surface area contributed by atoms with E-state index in [1.807, 2.05) is 4.90 Å². The van der Waals surface area contributed by atoms with Gasteiger partial charge in [-0.1, -0.05) is 6.07 Å². The summed E-state index contributed by atoms with van der Waals surface area (Å²) >= 11 is 0. The third-order valence-electron chi connectivity index (χ3n) is 4.62. The number of nitro benzene ring substituents is 1. The number of carbonyl (C=O) groups excluding carboxylic acids is 1. The first-order chi connectivity index (χ1) is 13.0. The molecule has 8 nitrogen and oxygen atoms in total. The van der Waals surface area contributed by atoms with Gasteiger partial charge in [-0.25, -0.2) is 0 Å². The second kappa shape index (κ2) is 7.94. The monoisotopic (exact) mass is 371 g/mol. The second-order valence-electron chi connectivity index (χ2n) is 6.48. The maximum absolute atomic E-state index is 12.3. The van der Waals surface area contributed by atoms with Gasteiger partial charge < -0.3 is 20.4 Å². The lowest BCUT2D eigenvalue weighted by molar-refractivity contribution is -0.384. The molecule has 142 valence electrons. The Kier molecular flexibility index (Phi) is 5.44. The van der Waals surface area contributed by atoms with Crippen LogP contribution in [-0.2, 0) is 6.42 Å². The minimum absolute atomic E-state index is 0.0620. The van der Waals surface area contributed by atoms with Crippen molar-refractivity contribution >= 4 is 17.3 Å². The predicted octanol–water partition coefficient (Wildman–Crippen LogP) is 2.58. The highest BCUT2D eigenvalue weighted by Gasteiger charge is 2.23. The van der Waals surface area contributed by atoms with E-state index in [1.54, 1.807) is 18.2 Å². The number of phenols is 2. The molecule has 3 rings (SSSR count). The fourth-order valence-electron chi connectivity index (χ4n) is 3.18. The summed E-state index contributed by atoms with van der Waals surface area (Å²) in [7, 11) is 0. The number of benzene rings is 2. The molecule has 2 aromatic carbocycles. The number of anilines is 1. The third-order valence-corrected chi connectivity index (χ3v) is 4.62. The molecule has 0 spiro atoms. The fraction of sp³-hybridized carbons (Fsp3) is 0.316. The highest BCUT2D eigenvalue weighted by atomic mass is 16.6. The topological polar surface area (TPSA) is 116 Å². The molecule has 1 aliphatic rings. The van der Waals surface area contributed by atoms with Crippen molar-refractivity contribution in [2.75, 3.05) is 24.5 Å². The fourth-order valence-corrected chi connectivity index (χ4v) is 3.18. The van der Waals surface area contributed by atoms with Gasteiger partial charge in [0.05, 0.1) is 4.92 Å². The molecule has 1 heterocycles. The van der Waals surface area contributed by atoms with Crippen LogP contribution >= 0.6 is 0 Å². The highest BCUT2D eigenvalue weighted by molar-refractivity contribution is 5.95. The van der Waals surface area contributed by atoms with Crippen molar-refractivity contribution in [3.05, 3.63) is 57.6 Å². The van der Waals surface area contributed by atoms with Crippen LogP contribution in [0.1, 0.15) is 28.8 Å². The molecule has 0 aliphatic carbocycles. The average Bonchev–Trinajstić information content (AvgIpc) is 3.18. The Morgan fingerprint density at radius 1 is 1.11 bits per heavy atom. The molecule has 1 fully saturated rings. The van der Waals surface area contributed by atoms with Crippen LogP contribution in [0.25, 0.3) is 0 Å². The van der Waals surface area contributed by atoms with Gasteiger partial charge >= 0.3 is 0 Å². The highest BCUT2D eigenvalue weighted by Crippen LogP contribution is 2.31. The maximum atomic E-state index is 12.3. The SMILES string of the molecule is O=C(NCCc1ccc(O)c(O)c1)c1ccc(N2CCCC2)c([N+](=O)[O-])c1. The van der Waals surface area contributed by atoms with Crippen LogP contribution < -0.4 is 10.2 Å². The number of rotatable bonds is 6. The van der Waals surface area contributed by atoms with Crippen molar-refractivity contribution in [2.45, 2.75) is 19.3 Å². The van der Waals surface area contributed by atoms with Crippen LogP contribution in [0.15, 0.2) is 36.4 Å². The molecule has 8 heteroatoms. The number of hydrogen-bond donors (Lipinski definition) is 3. The Labute approximate surface area is 156 Å². The molecule has 1 aliphatic heterocycles. The number of phenolic OH excluding ortho intramolecular Hbond substituents is 2. The molecule has 1 saturated heterocycles. The summed E-state index contributed by atoms with van der Waals surface area (Å²) in [6.07, 6.45) is 2.46. The van der Waals surface area contributed by atoms with Crippen LogP contribution in [0.5, 0.6) is 11.5 Å². The molecular weight excluding hydrogens is 350 g/mol. The van der Waals surface area contributed by atoms with E-state index >= 15 is 0 Å². The largest absolute Gasteiger partial charge is 0.504 e. The van der Waals surface area contributed by atoms with Gasteiger partial charge in [-0.05, 0) is 49.1 Å². The van der Waals surface area contributed by atoms with E-state index in [9.17, 15) is 25.1 Å². The van der Waals surface area contributed by atoms with Gasteiger partial charge in [-0.15, -0.1) is 0 Å². The first-order valence-corrected chi connectivity index (χ1v) is 8.78. The molecule has 2 aromatic rings. The normalized spacial score (nSPS) is 13.6. The van der Waals surface area contributed by atoms with Gasteiger partial charge in [0.2, 0.25) is 0 Å². The first kappa shape index (κ1) is 18.5. The van der Waals surface area contributed by atoms with Crippen LogP contribution in [0, 0.1) is 10.1 Å². The maximum Gasteiger partial charge on any atom is 0.293 e. The zero-order chi connectivity index (χ0) is 19.4. The Bertz CT molecular complexity index is 862. The zero-order valence-electron chi connectivity index (χ0n) is 14.7. The molecule has 0 atom stereocenters. The van der Waals surface area contributed by atoms with Gasteiger partial charge in [0, 0.05) is 31.3 Å². The minimum atomic E-state index is -0.455. The summed E-state index contributed by atoms with van der Waals surface area (Å²) in [6.45, 7) is 1.86. The van der Waals surface area contributed by atoms with E-state index in [1.165, 1.54) is 18.2 Å². The third kappa shape index (κ3) is 4.28. The standard InChI is InChI=1S/C19H21N3O5/c23-17-6-3-13(11-18(17)24)7-8-20-19(25)14-4-5-15(16(12-14)22(26)27)21-9-1-2-10-21/h3-6,11-12,23-24H,1-2,7-10H2,(H,20,25). The van der Waals surface area contributed by atoms with Crippen molar-refractivity contribution in [3.63, 3.8) is 0 Å². The van der Waals surface area contributed by atoms with Crippen molar-refractivity contribution in [2.24, 2.45) is 0 Å². The summed E-state index contributed by atoms with van der Waals surface area (Å²) in [5, 5.41) is 32.9. The summed E-state index contributed by atoms with van der Waals surface area (Å²) in [6, 6.07) is 9.01. The van der Waals surface area contributed by atoms with Crippen molar-refractivity contribution in [3.8, 4) is 11.5 Å². The van der Waals surface area contributed by atoms with E-state index in [0.717, 1.165) is 31.5 Å². The Balaban J connectivity index is 1.66. The van der Waals surface area contributed by atoms with Gasteiger partial charge in [-0.3, -0.25) is 14.9 Å². The van der Waals surface area contributed by atoms with E-state index in [-0.39, 0.29) is 22.7 Å². The number of carbonyl (C=O) groups is 1. The summed E-state index contributed by atoms with van der Waals surface area (Å²) in [4.78, 5) is 25.3. The molecular formula is C19H21N3O5. The van der Waals surface area contributed by atoms with Gasteiger partial charge in [0.1, 0.15) is 5.69 Å². The lowest BCUT2D eigenvalue weighted by Gasteiger charge is -2.17. The lowest BCUT2D eigenvalue weighted by Crippen LogP contribution is -2.26. The molecule has 3 N–H and O–H groups in total. The minimum Gasteiger partial charge on any atom is -0.504 e. The lowest BCUT2D eigenvalue weighted by atomic mass is 10.1. The number of hydrogen-bond acceptors (Lipinski definition) is 6. The smallest absolute Gasteiger partial charge is 0.293 e. The van der Waals surface area contributed by atoms with Crippen LogP contribution in [0.3, 0.4) is 0 Å². The van der Waals surface area contributed by atoms with E-state index in [0.29, 0.717) is 18.7 Å². The molecule has 1 amide bonds. The Hall–Kier alpha value is -3.29. The Morgan fingerprint density at radius 3 is 2.52 bits per heavy atom. The molecule has 0 unspecified atom stereocenters.